The lowest BCUT2D eigenvalue weighted by molar-refractivity contribution is -0.132. The average molecular weight is 533 g/mol. The lowest BCUT2D eigenvalue weighted by atomic mass is 9.93. The van der Waals surface area contributed by atoms with Gasteiger partial charge in [0.15, 0.2) is 5.13 Å². The standard InChI is InChI=1S/C29H28N2O6S/c1-6-14-37-28(35)26-17(4)30-29(38-26)31-23(19-10-8-18(7-2)9-11-19)22(25(33)27(31)34)24(32)21-13-12-20(36-5)15-16(21)3/h6,8-13,15,23,32H,1,7,14H2,2-5H3. The van der Waals surface area contributed by atoms with Gasteiger partial charge in [-0.15, -0.1) is 0 Å². The third kappa shape index (κ3) is 4.84. The fourth-order valence-electron chi connectivity index (χ4n) is 4.33. The Bertz CT molecular complexity index is 1450. The van der Waals surface area contributed by atoms with E-state index in [4.69, 9.17) is 9.47 Å². The number of ketones is 1. The van der Waals surface area contributed by atoms with Crippen molar-refractivity contribution in [2.75, 3.05) is 18.6 Å². The third-order valence-corrected chi connectivity index (χ3v) is 7.48. The summed E-state index contributed by atoms with van der Waals surface area (Å²) in [6.07, 6.45) is 2.27. The number of benzene rings is 2. The molecule has 0 saturated carbocycles. The molecule has 3 aromatic rings. The molecule has 1 fully saturated rings. The summed E-state index contributed by atoms with van der Waals surface area (Å²) in [5.41, 5.74) is 3.09. The van der Waals surface area contributed by atoms with Gasteiger partial charge in [0.1, 0.15) is 23.0 Å². The van der Waals surface area contributed by atoms with Crippen LogP contribution in [0.2, 0.25) is 0 Å². The molecule has 0 bridgehead atoms. The molecule has 8 nitrogen and oxygen atoms in total. The normalized spacial score (nSPS) is 16.5. The zero-order chi connectivity index (χ0) is 27.6. The van der Waals surface area contributed by atoms with E-state index in [0.717, 1.165) is 23.3 Å². The molecule has 1 aliphatic heterocycles. The number of nitrogens with zero attached hydrogens (tertiary/aromatic N) is 2. The van der Waals surface area contributed by atoms with Gasteiger partial charge < -0.3 is 14.6 Å². The number of ether oxygens (including phenoxy) is 2. The number of aliphatic hydroxyl groups excluding tert-OH is 1. The van der Waals surface area contributed by atoms with Gasteiger partial charge in [-0.1, -0.05) is 55.2 Å². The van der Waals surface area contributed by atoms with Crippen LogP contribution in [0.3, 0.4) is 0 Å². The monoisotopic (exact) mass is 532 g/mol. The zero-order valence-corrected chi connectivity index (χ0v) is 22.4. The second-order valence-corrected chi connectivity index (χ2v) is 9.72. The Morgan fingerprint density at radius 2 is 1.89 bits per heavy atom. The number of amides is 1. The van der Waals surface area contributed by atoms with Gasteiger partial charge >= 0.3 is 11.9 Å². The van der Waals surface area contributed by atoms with Gasteiger partial charge in [-0.25, -0.2) is 9.78 Å². The Labute approximate surface area is 224 Å². The Kier molecular flexibility index (Phi) is 7.78. The van der Waals surface area contributed by atoms with Crippen LogP contribution in [-0.2, 0) is 20.7 Å². The fourth-order valence-corrected chi connectivity index (χ4v) is 5.32. The highest BCUT2D eigenvalue weighted by molar-refractivity contribution is 7.17. The molecular weight excluding hydrogens is 504 g/mol. The van der Waals surface area contributed by atoms with Crippen molar-refractivity contribution in [3.05, 3.63) is 93.5 Å². The van der Waals surface area contributed by atoms with Crippen molar-refractivity contribution in [3.8, 4) is 5.75 Å². The molecule has 0 radical (unpaired) electrons. The summed E-state index contributed by atoms with van der Waals surface area (Å²) in [6.45, 7) is 9.01. The van der Waals surface area contributed by atoms with Crippen molar-refractivity contribution < 1.29 is 29.0 Å². The molecule has 1 atom stereocenters. The third-order valence-electron chi connectivity index (χ3n) is 6.35. The van der Waals surface area contributed by atoms with Crippen LogP contribution in [-0.4, -0.2) is 41.5 Å². The van der Waals surface area contributed by atoms with Gasteiger partial charge in [-0.2, -0.15) is 0 Å². The number of carbonyl (C=O) groups excluding carboxylic acids is 3. The molecule has 38 heavy (non-hydrogen) atoms. The van der Waals surface area contributed by atoms with Crippen LogP contribution in [0, 0.1) is 13.8 Å². The van der Waals surface area contributed by atoms with E-state index in [2.05, 4.69) is 11.6 Å². The highest BCUT2D eigenvalue weighted by Crippen LogP contribution is 2.44. The van der Waals surface area contributed by atoms with Crippen molar-refractivity contribution in [1.29, 1.82) is 0 Å². The topological polar surface area (TPSA) is 106 Å². The van der Waals surface area contributed by atoms with Crippen molar-refractivity contribution >= 4 is 39.9 Å². The molecule has 9 heteroatoms. The molecule has 1 N–H and O–H groups in total. The maximum Gasteiger partial charge on any atom is 0.350 e. The quantitative estimate of drug-likeness (QED) is 0.138. The lowest BCUT2D eigenvalue weighted by Crippen LogP contribution is -2.29. The Morgan fingerprint density at radius 3 is 2.50 bits per heavy atom. The van der Waals surface area contributed by atoms with Gasteiger partial charge in [0.05, 0.1) is 24.4 Å². The molecule has 1 amide bonds. The number of Topliss-reactive ketones (excluding diaryl/α,β-unsaturated/α-hetero) is 1. The number of hydrogen-bond donors (Lipinski definition) is 1. The number of hydrogen-bond acceptors (Lipinski definition) is 8. The smallest absolute Gasteiger partial charge is 0.350 e. The molecule has 1 aromatic heterocycles. The zero-order valence-electron chi connectivity index (χ0n) is 21.6. The minimum absolute atomic E-state index is 0.0288. The number of methoxy groups -OCH3 is 1. The Balaban J connectivity index is 1.90. The van der Waals surface area contributed by atoms with E-state index in [1.165, 1.54) is 18.1 Å². The predicted molar refractivity (Wildman–Crippen MR) is 146 cm³/mol. The number of carbonyl (C=O) groups is 3. The van der Waals surface area contributed by atoms with E-state index < -0.39 is 23.7 Å². The lowest BCUT2D eigenvalue weighted by Gasteiger charge is -2.23. The predicted octanol–water partition coefficient (Wildman–Crippen LogP) is 5.30. The van der Waals surface area contributed by atoms with Gasteiger partial charge in [-0.05, 0) is 55.2 Å². The number of anilines is 1. The first kappa shape index (κ1) is 26.8. The fraction of sp³-hybridized carbons (Fsp3) is 0.241. The number of aliphatic hydroxyl groups is 1. The number of esters is 1. The molecule has 1 unspecified atom stereocenters. The van der Waals surface area contributed by atoms with Crippen molar-refractivity contribution in [2.24, 2.45) is 0 Å². The Hall–Kier alpha value is -4.24. The van der Waals surface area contributed by atoms with E-state index in [-0.39, 0.29) is 27.9 Å². The van der Waals surface area contributed by atoms with Crippen LogP contribution in [0.1, 0.15) is 50.6 Å². The van der Waals surface area contributed by atoms with Crippen LogP contribution in [0.4, 0.5) is 5.13 Å². The molecular formula is C29H28N2O6S. The van der Waals surface area contributed by atoms with Gasteiger partial charge in [0, 0.05) is 5.56 Å². The van der Waals surface area contributed by atoms with Crippen molar-refractivity contribution in [2.45, 2.75) is 33.2 Å². The minimum Gasteiger partial charge on any atom is -0.507 e. The molecule has 1 aliphatic rings. The molecule has 0 aliphatic carbocycles. The van der Waals surface area contributed by atoms with E-state index in [9.17, 15) is 19.5 Å². The minimum atomic E-state index is -0.954. The number of rotatable bonds is 8. The highest BCUT2D eigenvalue weighted by atomic mass is 32.1. The second-order valence-electron chi connectivity index (χ2n) is 8.74. The van der Waals surface area contributed by atoms with Crippen LogP contribution >= 0.6 is 11.3 Å². The highest BCUT2D eigenvalue weighted by Gasteiger charge is 2.48. The number of aromatic nitrogens is 1. The number of thiazole rings is 1. The molecule has 1 saturated heterocycles. The second kappa shape index (κ2) is 11.0. The van der Waals surface area contributed by atoms with E-state index >= 15 is 0 Å². The SMILES string of the molecule is C=CCOC(=O)c1sc(N2C(=O)C(=O)C(=C(O)c3ccc(OC)cc3C)C2c2ccc(CC)cc2)nc1C. The summed E-state index contributed by atoms with van der Waals surface area (Å²) in [5, 5.41) is 11.6. The van der Waals surface area contributed by atoms with E-state index in [1.807, 2.05) is 31.2 Å². The molecule has 4 rings (SSSR count). The van der Waals surface area contributed by atoms with Crippen molar-refractivity contribution in [1.82, 2.24) is 4.98 Å². The van der Waals surface area contributed by atoms with E-state index in [1.54, 1.807) is 32.0 Å². The van der Waals surface area contributed by atoms with Crippen LogP contribution in [0.25, 0.3) is 5.76 Å². The van der Waals surface area contributed by atoms with Gasteiger partial charge in [-0.3, -0.25) is 14.5 Å². The van der Waals surface area contributed by atoms with Crippen LogP contribution in [0.15, 0.2) is 60.7 Å². The average Bonchev–Trinajstić information content (AvgIpc) is 3.43. The summed E-state index contributed by atoms with van der Waals surface area (Å²) >= 11 is 0.957. The first-order valence-electron chi connectivity index (χ1n) is 12.0. The summed E-state index contributed by atoms with van der Waals surface area (Å²) in [4.78, 5) is 45.4. The van der Waals surface area contributed by atoms with Gasteiger partial charge in [0.2, 0.25) is 0 Å². The summed E-state index contributed by atoms with van der Waals surface area (Å²) in [6, 6.07) is 11.6. The Morgan fingerprint density at radius 1 is 1.18 bits per heavy atom. The summed E-state index contributed by atoms with van der Waals surface area (Å²) in [7, 11) is 1.54. The first-order valence-corrected chi connectivity index (χ1v) is 12.8. The van der Waals surface area contributed by atoms with Gasteiger partial charge in [0.25, 0.3) is 5.78 Å². The maximum atomic E-state index is 13.5. The maximum absolute atomic E-state index is 13.5. The van der Waals surface area contributed by atoms with Crippen molar-refractivity contribution in [3.63, 3.8) is 0 Å². The molecule has 2 aromatic carbocycles. The molecule has 196 valence electrons. The van der Waals surface area contributed by atoms with E-state index in [0.29, 0.717) is 28.1 Å². The summed E-state index contributed by atoms with van der Waals surface area (Å²) in [5.74, 6) is -1.98. The first-order chi connectivity index (χ1) is 18.2. The molecule has 2 heterocycles. The van der Waals surface area contributed by atoms with Crippen LogP contribution in [0.5, 0.6) is 5.75 Å². The van der Waals surface area contributed by atoms with Crippen LogP contribution < -0.4 is 9.64 Å². The largest absolute Gasteiger partial charge is 0.507 e. The number of aryl methyl sites for hydroxylation is 3. The molecule has 0 spiro atoms. The summed E-state index contributed by atoms with van der Waals surface area (Å²) < 4.78 is 10.4.